The van der Waals surface area contributed by atoms with Gasteiger partial charge in [-0.25, -0.2) is 4.90 Å². The molecule has 1 aromatic rings. The first-order valence-electron chi connectivity index (χ1n) is 9.60. The minimum absolute atomic E-state index is 0.0678. The number of piperidine rings is 1. The van der Waals surface area contributed by atoms with E-state index in [9.17, 15) is 9.59 Å². The highest BCUT2D eigenvalue weighted by Crippen LogP contribution is 2.34. The second-order valence-electron chi connectivity index (χ2n) is 7.80. The number of allylic oxidation sites excluding steroid dienone is 2. The van der Waals surface area contributed by atoms with Gasteiger partial charge in [-0.3, -0.25) is 9.59 Å². The van der Waals surface area contributed by atoms with E-state index in [1.165, 1.54) is 23.3 Å². The lowest BCUT2D eigenvalue weighted by atomic mass is 9.85. The van der Waals surface area contributed by atoms with E-state index in [0.717, 1.165) is 38.3 Å². The predicted molar refractivity (Wildman–Crippen MR) is 95.6 cm³/mol. The van der Waals surface area contributed by atoms with Crippen LogP contribution in [0.4, 0.5) is 0 Å². The normalized spacial score (nSPS) is 32.1. The molecule has 1 N–H and O–H groups in total. The largest absolute Gasteiger partial charge is 0.317 e. The number of carbonyl (C=O) groups is 2. The van der Waals surface area contributed by atoms with Crippen molar-refractivity contribution in [3.63, 3.8) is 0 Å². The van der Waals surface area contributed by atoms with Gasteiger partial charge in [0.05, 0.1) is 24.9 Å². The molecule has 4 nitrogen and oxygen atoms in total. The molecule has 2 fully saturated rings. The molecule has 2 atom stereocenters. The lowest BCUT2D eigenvalue weighted by molar-refractivity contribution is -0.913. The molecule has 132 valence electrons. The quantitative estimate of drug-likeness (QED) is 0.666. The first kappa shape index (κ1) is 16.5. The van der Waals surface area contributed by atoms with Crippen LogP contribution in [-0.2, 0) is 16.0 Å². The van der Waals surface area contributed by atoms with Crippen molar-refractivity contribution < 1.29 is 14.5 Å². The summed E-state index contributed by atoms with van der Waals surface area (Å²) >= 11 is 0. The monoisotopic (exact) mass is 339 g/mol. The van der Waals surface area contributed by atoms with Crippen molar-refractivity contribution in [3.8, 4) is 0 Å². The summed E-state index contributed by atoms with van der Waals surface area (Å²) in [5, 5.41) is 0. The standard InChI is InChI=1S/C21H26N2O2/c24-20-18-8-4-5-9-19(18)21(25)23(20)15-22-12-10-17(11-13-22)14-16-6-2-1-3-7-16/h1-7,17-19H,8-15H2/p+1/t18-,19+. The van der Waals surface area contributed by atoms with Gasteiger partial charge in [0.1, 0.15) is 0 Å². The molecule has 2 amide bonds. The third-order valence-electron chi connectivity index (χ3n) is 6.16. The van der Waals surface area contributed by atoms with Crippen molar-refractivity contribution in [1.29, 1.82) is 0 Å². The van der Waals surface area contributed by atoms with Crippen LogP contribution in [0.3, 0.4) is 0 Å². The van der Waals surface area contributed by atoms with Crippen LogP contribution < -0.4 is 4.90 Å². The fourth-order valence-corrected chi connectivity index (χ4v) is 4.64. The molecule has 2 heterocycles. The van der Waals surface area contributed by atoms with E-state index < -0.39 is 0 Å². The second-order valence-corrected chi connectivity index (χ2v) is 7.80. The molecule has 4 rings (SSSR count). The van der Waals surface area contributed by atoms with Crippen molar-refractivity contribution in [3.05, 3.63) is 48.0 Å². The second kappa shape index (κ2) is 7.12. The average Bonchev–Trinajstić information content (AvgIpc) is 2.89. The van der Waals surface area contributed by atoms with E-state index in [1.807, 2.05) is 0 Å². The summed E-state index contributed by atoms with van der Waals surface area (Å²) in [6.07, 6.45) is 9.07. The number of nitrogens with one attached hydrogen (secondary N) is 1. The number of quaternary nitrogens is 1. The van der Waals surface area contributed by atoms with Crippen molar-refractivity contribution in [2.45, 2.75) is 32.1 Å². The van der Waals surface area contributed by atoms with E-state index >= 15 is 0 Å². The highest BCUT2D eigenvalue weighted by atomic mass is 16.2. The fraction of sp³-hybridized carbons (Fsp3) is 0.524. The zero-order valence-corrected chi connectivity index (χ0v) is 14.7. The number of nitrogens with zero attached hydrogens (tertiary/aromatic N) is 1. The van der Waals surface area contributed by atoms with E-state index in [-0.39, 0.29) is 23.7 Å². The number of carbonyl (C=O) groups excluding carboxylic acids is 2. The Morgan fingerprint density at radius 3 is 2.12 bits per heavy atom. The third-order valence-corrected chi connectivity index (χ3v) is 6.16. The maximum absolute atomic E-state index is 12.6. The van der Waals surface area contributed by atoms with Gasteiger partial charge in [0.15, 0.2) is 6.67 Å². The van der Waals surface area contributed by atoms with Gasteiger partial charge in [-0.05, 0) is 43.6 Å². The van der Waals surface area contributed by atoms with Crippen LogP contribution in [0.2, 0.25) is 0 Å². The molecule has 2 aliphatic heterocycles. The Morgan fingerprint density at radius 1 is 0.920 bits per heavy atom. The molecular weight excluding hydrogens is 312 g/mol. The lowest BCUT2D eigenvalue weighted by Crippen LogP contribution is -3.14. The first-order valence-corrected chi connectivity index (χ1v) is 9.60. The van der Waals surface area contributed by atoms with E-state index in [1.54, 1.807) is 4.90 Å². The van der Waals surface area contributed by atoms with Crippen LogP contribution in [0.1, 0.15) is 31.2 Å². The number of amides is 2. The number of hydrogen-bond donors (Lipinski definition) is 1. The molecule has 0 bridgehead atoms. The molecule has 2 saturated heterocycles. The third kappa shape index (κ3) is 3.40. The van der Waals surface area contributed by atoms with Crippen LogP contribution in [0, 0.1) is 17.8 Å². The molecule has 0 spiro atoms. The van der Waals surface area contributed by atoms with Gasteiger partial charge in [0.2, 0.25) is 11.8 Å². The van der Waals surface area contributed by atoms with E-state index in [2.05, 4.69) is 42.5 Å². The SMILES string of the molecule is O=C1[C@H]2CC=CC[C@H]2C(=O)N1C[NH+]1CCC(Cc2ccccc2)CC1. The van der Waals surface area contributed by atoms with Crippen LogP contribution >= 0.6 is 0 Å². The number of fused-ring (bicyclic) bond motifs is 1. The van der Waals surface area contributed by atoms with Gasteiger partial charge in [-0.15, -0.1) is 0 Å². The molecule has 1 aromatic carbocycles. The summed E-state index contributed by atoms with van der Waals surface area (Å²) in [5.74, 6) is 0.680. The zero-order valence-electron chi connectivity index (χ0n) is 14.7. The molecule has 3 aliphatic rings. The Bertz CT molecular complexity index is 636. The molecule has 25 heavy (non-hydrogen) atoms. The maximum atomic E-state index is 12.6. The highest BCUT2D eigenvalue weighted by molar-refractivity contribution is 6.05. The molecular formula is C21H27N2O2+. The van der Waals surface area contributed by atoms with Crippen molar-refractivity contribution >= 4 is 11.8 Å². The molecule has 0 radical (unpaired) electrons. The van der Waals surface area contributed by atoms with Gasteiger partial charge in [-0.2, -0.15) is 0 Å². The Morgan fingerprint density at radius 2 is 1.52 bits per heavy atom. The minimum Gasteiger partial charge on any atom is -0.317 e. The van der Waals surface area contributed by atoms with E-state index in [0.29, 0.717) is 6.67 Å². The summed E-state index contributed by atoms with van der Waals surface area (Å²) < 4.78 is 0. The first-order chi connectivity index (χ1) is 12.2. The number of imide groups is 1. The Hall–Kier alpha value is -1.94. The van der Waals surface area contributed by atoms with E-state index in [4.69, 9.17) is 0 Å². The summed E-state index contributed by atoms with van der Waals surface area (Å²) in [7, 11) is 0. The average molecular weight is 339 g/mol. The zero-order chi connectivity index (χ0) is 17.2. The Labute approximate surface area is 149 Å². The number of hydrogen-bond acceptors (Lipinski definition) is 2. The Balaban J connectivity index is 1.30. The van der Waals surface area contributed by atoms with Crippen LogP contribution in [-0.4, -0.2) is 36.5 Å². The van der Waals surface area contributed by atoms with Crippen molar-refractivity contribution in [1.82, 2.24) is 4.90 Å². The summed E-state index contributed by atoms with van der Waals surface area (Å²) in [6.45, 7) is 2.69. The van der Waals surface area contributed by atoms with Crippen LogP contribution in [0.15, 0.2) is 42.5 Å². The van der Waals surface area contributed by atoms with Gasteiger partial charge < -0.3 is 4.90 Å². The topological polar surface area (TPSA) is 41.8 Å². The van der Waals surface area contributed by atoms with Crippen molar-refractivity contribution in [2.75, 3.05) is 19.8 Å². The maximum Gasteiger partial charge on any atom is 0.237 e. The summed E-state index contributed by atoms with van der Waals surface area (Å²) in [5.41, 5.74) is 1.41. The van der Waals surface area contributed by atoms with Crippen LogP contribution in [0.5, 0.6) is 0 Å². The molecule has 4 heteroatoms. The number of rotatable bonds is 4. The predicted octanol–water partition coefficient (Wildman–Crippen LogP) is 1.43. The summed E-state index contributed by atoms with van der Waals surface area (Å²) in [4.78, 5) is 28.1. The smallest absolute Gasteiger partial charge is 0.237 e. The number of benzene rings is 1. The highest BCUT2D eigenvalue weighted by Gasteiger charge is 2.48. The fourth-order valence-electron chi connectivity index (χ4n) is 4.64. The van der Waals surface area contributed by atoms with Gasteiger partial charge in [0, 0.05) is 0 Å². The summed E-state index contributed by atoms with van der Waals surface area (Å²) in [6, 6.07) is 10.7. The molecule has 1 aliphatic carbocycles. The van der Waals surface area contributed by atoms with Gasteiger partial charge in [-0.1, -0.05) is 42.5 Å². The van der Waals surface area contributed by atoms with Gasteiger partial charge >= 0.3 is 0 Å². The van der Waals surface area contributed by atoms with Crippen molar-refractivity contribution in [2.24, 2.45) is 17.8 Å². The Kier molecular flexibility index (Phi) is 4.71. The molecule has 0 aromatic heterocycles. The van der Waals surface area contributed by atoms with Gasteiger partial charge in [0.25, 0.3) is 0 Å². The lowest BCUT2D eigenvalue weighted by Gasteiger charge is -2.31. The minimum atomic E-state index is -0.0903. The van der Waals surface area contributed by atoms with Crippen LogP contribution in [0.25, 0.3) is 0 Å². The number of likely N-dealkylation sites (tertiary alicyclic amines) is 2. The molecule has 0 saturated carbocycles. The molecule has 0 unspecified atom stereocenters.